The minimum Gasteiger partial charge on any atom is -0.382 e. The van der Waals surface area contributed by atoms with Crippen molar-refractivity contribution in [2.75, 3.05) is 17.6 Å². The van der Waals surface area contributed by atoms with Crippen LogP contribution in [0.4, 0.5) is 5.69 Å². The van der Waals surface area contributed by atoms with E-state index in [0.717, 1.165) is 0 Å². The van der Waals surface area contributed by atoms with Crippen LogP contribution in [0.1, 0.15) is 6.92 Å². The first-order chi connectivity index (χ1) is 9.13. The van der Waals surface area contributed by atoms with Gasteiger partial charge in [-0.1, -0.05) is 24.3 Å². The summed E-state index contributed by atoms with van der Waals surface area (Å²) in [6, 6.07) is 6.93. The molecule has 1 aromatic heterocycles. The highest BCUT2D eigenvalue weighted by Gasteiger charge is 2.15. The van der Waals surface area contributed by atoms with Crippen LogP contribution in [0.3, 0.4) is 0 Å². The van der Waals surface area contributed by atoms with Crippen molar-refractivity contribution in [1.29, 1.82) is 0 Å². The monoisotopic (exact) mass is 280 g/mol. The Bertz CT molecular complexity index is 623. The Morgan fingerprint density at radius 2 is 2.11 bits per heavy atom. The first kappa shape index (κ1) is 13.5. The zero-order valence-electron chi connectivity index (χ0n) is 10.7. The van der Waals surface area contributed by atoms with Gasteiger partial charge in [0.05, 0.1) is 29.1 Å². The summed E-state index contributed by atoms with van der Waals surface area (Å²) in [4.78, 5) is 0.344. The number of benzene rings is 1. The lowest BCUT2D eigenvalue weighted by molar-refractivity contribution is 0.596. The highest BCUT2D eigenvalue weighted by molar-refractivity contribution is 7.91. The number of sulfone groups is 1. The third-order valence-electron chi connectivity index (χ3n) is 2.73. The van der Waals surface area contributed by atoms with Gasteiger partial charge >= 0.3 is 0 Å². The molecule has 102 valence electrons. The van der Waals surface area contributed by atoms with Crippen molar-refractivity contribution in [2.24, 2.45) is 0 Å². The lowest BCUT2D eigenvalue weighted by Crippen LogP contribution is -2.14. The first-order valence-corrected chi connectivity index (χ1v) is 7.68. The number of nitrogens with zero attached hydrogens (tertiary/aromatic N) is 3. The Kier molecular flexibility index (Phi) is 4.16. The molecule has 1 aromatic carbocycles. The largest absolute Gasteiger partial charge is 0.382 e. The van der Waals surface area contributed by atoms with Crippen molar-refractivity contribution in [2.45, 2.75) is 18.4 Å². The molecule has 0 radical (unpaired) electrons. The summed E-state index contributed by atoms with van der Waals surface area (Å²) in [5.74, 6) is 0.0920. The fourth-order valence-corrected chi connectivity index (χ4v) is 2.77. The van der Waals surface area contributed by atoms with Gasteiger partial charge in [-0.2, -0.15) is 0 Å². The van der Waals surface area contributed by atoms with Gasteiger partial charge in [0.2, 0.25) is 0 Å². The van der Waals surface area contributed by atoms with E-state index < -0.39 is 9.84 Å². The Morgan fingerprint density at radius 3 is 2.79 bits per heavy atom. The number of rotatable bonds is 6. The van der Waals surface area contributed by atoms with Crippen molar-refractivity contribution in [3.05, 3.63) is 36.7 Å². The fourth-order valence-electron chi connectivity index (χ4n) is 1.70. The number of para-hydroxylation sites is 1. The van der Waals surface area contributed by atoms with E-state index in [2.05, 4.69) is 15.6 Å². The van der Waals surface area contributed by atoms with Gasteiger partial charge in [0.25, 0.3) is 0 Å². The summed E-state index contributed by atoms with van der Waals surface area (Å²) in [6.07, 6.45) is 3.37. The maximum absolute atomic E-state index is 11.9. The molecule has 0 saturated heterocycles. The van der Waals surface area contributed by atoms with Gasteiger partial charge in [0.1, 0.15) is 0 Å². The molecule has 2 aromatic rings. The van der Waals surface area contributed by atoms with Crippen molar-refractivity contribution >= 4 is 15.5 Å². The number of hydrogen-bond donors (Lipinski definition) is 1. The van der Waals surface area contributed by atoms with E-state index in [-0.39, 0.29) is 5.75 Å². The Hall–Kier alpha value is -1.89. The molecule has 1 heterocycles. The molecular weight excluding hydrogens is 264 g/mol. The van der Waals surface area contributed by atoms with Crippen LogP contribution in [0.5, 0.6) is 0 Å². The number of anilines is 1. The van der Waals surface area contributed by atoms with Gasteiger partial charge in [-0.05, 0) is 12.1 Å². The van der Waals surface area contributed by atoms with Gasteiger partial charge in [-0.25, -0.2) is 8.42 Å². The number of hydrogen-bond acceptors (Lipinski definition) is 5. The van der Waals surface area contributed by atoms with Gasteiger partial charge in [0.15, 0.2) is 9.84 Å². The normalized spacial score (nSPS) is 11.4. The second-order valence-electron chi connectivity index (χ2n) is 3.99. The molecule has 0 fully saturated rings. The molecular formula is C12H16N4O2S. The summed E-state index contributed by atoms with van der Waals surface area (Å²) in [7, 11) is -3.21. The van der Waals surface area contributed by atoms with Crippen LogP contribution in [-0.2, 0) is 16.4 Å². The highest BCUT2D eigenvalue weighted by Crippen LogP contribution is 2.21. The van der Waals surface area contributed by atoms with Crippen molar-refractivity contribution in [3.8, 4) is 0 Å². The van der Waals surface area contributed by atoms with E-state index in [4.69, 9.17) is 0 Å². The second-order valence-corrected chi connectivity index (χ2v) is 6.24. The van der Waals surface area contributed by atoms with Crippen molar-refractivity contribution in [1.82, 2.24) is 15.0 Å². The average Bonchev–Trinajstić information content (AvgIpc) is 2.92. The molecule has 0 spiro atoms. The van der Waals surface area contributed by atoms with Crippen LogP contribution < -0.4 is 5.32 Å². The molecule has 0 aliphatic carbocycles. The quantitative estimate of drug-likeness (QED) is 0.860. The van der Waals surface area contributed by atoms with Crippen LogP contribution >= 0.6 is 0 Å². The standard InChI is InChI=1S/C12H16N4O2S/c1-2-19(17,18)12-6-4-3-5-11(12)13-7-9-16-10-8-14-15-16/h3-6,8,10,13H,2,7,9H2,1H3. The van der Waals surface area contributed by atoms with Crippen LogP contribution in [0.2, 0.25) is 0 Å². The first-order valence-electron chi connectivity index (χ1n) is 6.03. The minimum absolute atomic E-state index is 0.0920. The van der Waals surface area contributed by atoms with E-state index in [1.54, 1.807) is 42.2 Å². The van der Waals surface area contributed by atoms with Crippen LogP contribution in [-0.4, -0.2) is 35.7 Å². The Labute approximate surface area is 112 Å². The Morgan fingerprint density at radius 1 is 1.32 bits per heavy atom. The summed E-state index contributed by atoms with van der Waals surface area (Å²) < 4.78 is 25.6. The van der Waals surface area contributed by atoms with Crippen LogP contribution in [0, 0.1) is 0 Å². The van der Waals surface area contributed by atoms with Gasteiger partial charge in [0, 0.05) is 12.7 Å². The topological polar surface area (TPSA) is 76.9 Å². The predicted molar refractivity (Wildman–Crippen MR) is 72.7 cm³/mol. The third kappa shape index (κ3) is 3.31. The van der Waals surface area contributed by atoms with E-state index in [9.17, 15) is 8.42 Å². The SMILES string of the molecule is CCS(=O)(=O)c1ccccc1NCCn1ccnn1. The molecule has 0 bridgehead atoms. The maximum Gasteiger partial charge on any atom is 0.180 e. The Balaban J connectivity index is 2.08. The summed E-state index contributed by atoms with van der Waals surface area (Å²) in [6.45, 7) is 2.85. The summed E-state index contributed by atoms with van der Waals surface area (Å²) >= 11 is 0. The molecule has 0 saturated carbocycles. The van der Waals surface area contributed by atoms with Crippen molar-refractivity contribution in [3.63, 3.8) is 0 Å². The van der Waals surface area contributed by atoms with E-state index in [0.29, 0.717) is 23.7 Å². The molecule has 0 amide bonds. The van der Waals surface area contributed by atoms with Gasteiger partial charge < -0.3 is 5.32 Å². The molecule has 0 aliphatic rings. The fraction of sp³-hybridized carbons (Fsp3) is 0.333. The molecule has 0 atom stereocenters. The lowest BCUT2D eigenvalue weighted by Gasteiger charge is -2.11. The summed E-state index contributed by atoms with van der Waals surface area (Å²) in [5, 5.41) is 10.7. The van der Waals surface area contributed by atoms with E-state index in [1.807, 2.05) is 6.07 Å². The molecule has 19 heavy (non-hydrogen) atoms. The van der Waals surface area contributed by atoms with Crippen LogP contribution in [0.25, 0.3) is 0 Å². The zero-order valence-corrected chi connectivity index (χ0v) is 11.5. The minimum atomic E-state index is -3.21. The van der Waals surface area contributed by atoms with Crippen molar-refractivity contribution < 1.29 is 8.42 Å². The predicted octanol–water partition coefficient (Wildman–Crippen LogP) is 1.18. The lowest BCUT2D eigenvalue weighted by atomic mass is 10.3. The smallest absolute Gasteiger partial charge is 0.180 e. The maximum atomic E-state index is 11.9. The molecule has 0 unspecified atom stereocenters. The van der Waals surface area contributed by atoms with E-state index >= 15 is 0 Å². The average molecular weight is 280 g/mol. The second kappa shape index (κ2) is 5.83. The third-order valence-corrected chi connectivity index (χ3v) is 4.52. The number of aromatic nitrogens is 3. The summed E-state index contributed by atoms with van der Waals surface area (Å²) in [5.41, 5.74) is 0.629. The highest BCUT2D eigenvalue weighted by atomic mass is 32.2. The molecule has 0 aliphatic heterocycles. The zero-order chi connectivity index (χ0) is 13.7. The number of nitrogens with one attached hydrogen (secondary N) is 1. The molecule has 1 N–H and O–H groups in total. The molecule has 2 rings (SSSR count). The van der Waals surface area contributed by atoms with Gasteiger partial charge in [-0.15, -0.1) is 5.10 Å². The van der Waals surface area contributed by atoms with Crippen LogP contribution in [0.15, 0.2) is 41.6 Å². The molecule has 7 heteroatoms. The molecule has 6 nitrogen and oxygen atoms in total. The van der Waals surface area contributed by atoms with Gasteiger partial charge in [-0.3, -0.25) is 4.68 Å². The van der Waals surface area contributed by atoms with E-state index in [1.165, 1.54) is 0 Å².